The van der Waals surface area contributed by atoms with E-state index < -0.39 is 27.2 Å². The minimum absolute atomic E-state index is 0.234. The summed E-state index contributed by atoms with van der Waals surface area (Å²) in [6, 6.07) is 0.809. The van der Waals surface area contributed by atoms with Gasteiger partial charge in [0.15, 0.2) is 0 Å². The predicted octanol–water partition coefficient (Wildman–Crippen LogP) is -1.87. The Morgan fingerprint density at radius 1 is 1.41 bits per heavy atom. The Balaban J connectivity index is 2.99. The number of aromatic amines is 1. The first kappa shape index (κ1) is 13.5. The molecule has 2 N–H and O–H groups in total. The molecule has 0 aliphatic rings. The maximum atomic E-state index is 11.5. The molecule has 0 saturated carbocycles. The standard InChI is InChI=1S/C8H13N3O5S/c1-10(2)17(15,16)4-3-11-7(13)5-6(12)9-8(11)14/h5,13H,3-4H2,1-2H3,(H,9,12,14). The summed E-state index contributed by atoms with van der Waals surface area (Å²) in [6.07, 6.45) is 0. The molecule has 0 saturated heterocycles. The number of rotatable bonds is 4. The molecule has 0 bridgehead atoms. The van der Waals surface area contributed by atoms with Gasteiger partial charge in [0.25, 0.3) is 5.56 Å². The van der Waals surface area contributed by atoms with Crippen molar-refractivity contribution in [3.05, 3.63) is 26.9 Å². The molecular weight excluding hydrogens is 250 g/mol. The fourth-order valence-corrected chi connectivity index (χ4v) is 1.89. The first-order valence-corrected chi connectivity index (χ1v) is 6.28. The average Bonchev–Trinajstić information content (AvgIpc) is 2.15. The number of hydrogen-bond donors (Lipinski definition) is 2. The summed E-state index contributed by atoms with van der Waals surface area (Å²) in [6.45, 7) is -0.234. The number of H-pyrrole nitrogens is 1. The van der Waals surface area contributed by atoms with E-state index >= 15 is 0 Å². The molecule has 0 aliphatic heterocycles. The van der Waals surface area contributed by atoms with Crippen molar-refractivity contribution in [1.29, 1.82) is 0 Å². The molecule has 96 valence electrons. The highest BCUT2D eigenvalue weighted by atomic mass is 32.2. The molecule has 0 aliphatic carbocycles. The third-order valence-electron chi connectivity index (χ3n) is 2.14. The molecule has 0 radical (unpaired) electrons. The van der Waals surface area contributed by atoms with Gasteiger partial charge in [0.05, 0.1) is 11.8 Å². The monoisotopic (exact) mass is 263 g/mol. The Kier molecular flexibility index (Phi) is 3.73. The van der Waals surface area contributed by atoms with Crippen LogP contribution in [-0.4, -0.2) is 47.2 Å². The van der Waals surface area contributed by atoms with Crippen molar-refractivity contribution >= 4 is 10.0 Å². The van der Waals surface area contributed by atoms with Crippen LogP contribution in [0.2, 0.25) is 0 Å². The van der Waals surface area contributed by atoms with Gasteiger partial charge in [0, 0.05) is 20.6 Å². The van der Waals surface area contributed by atoms with Crippen LogP contribution in [0.1, 0.15) is 0 Å². The zero-order valence-corrected chi connectivity index (χ0v) is 10.2. The van der Waals surface area contributed by atoms with Gasteiger partial charge in [-0.3, -0.25) is 14.3 Å². The van der Waals surface area contributed by atoms with Gasteiger partial charge >= 0.3 is 5.69 Å². The number of aromatic hydroxyl groups is 1. The Labute approximate surface area is 97.2 Å². The van der Waals surface area contributed by atoms with Crippen LogP contribution in [0.3, 0.4) is 0 Å². The van der Waals surface area contributed by atoms with Crippen LogP contribution in [0.15, 0.2) is 15.7 Å². The second-order valence-corrected chi connectivity index (χ2v) is 5.85. The number of nitrogens with zero attached hydrogens (tertiary/aromatic N) is 2. The fraction of sp³-hybridized carbons (Fsp3) is 0.500. The molecule has 0 aromatic carbocycles. The van der Waals surface area contributed by atoms with E-state index in [4.69, 9.17) is 0 Å². The highest BCUT2D eigenvalue weighted by molar-refractivity contribution is 7.89. The highest BCUT2D eigenvalue weighted by Gasteiger charge is 2.15. The van der Waals surface area contributed by atoms with Gasteiger partial charge in [0.1, 0.15) is 0 Å². The number of nitrogens with one attached hydrogen (secondary N) is 1. The summed E-state index contributed by atoms with van der Waals surface area (Å²) in [7, 11) is -0.738. The molecule has 9 heteroatoms. The van der Waals surface area contributed by atoms with E-state index in [9.17, 15) is 23.1 Å². The maximum Gasteiger partial charge on any atom is 0.331 e. The van der Waals surface area contributed by atoms with E-state index in [2.05, 4.69) is 0 Å². The van der Waals surface area contributed by atoms with Crippen molar-refractivity contribution < 1.29 is 13.5 Å². The summed E-state index contributed by atoms with van der Waals surface area (Å²) < 4.78 is 24.7. The number of sulfonamides is 1. The second-order valence-electron chi connectivity index (χ2n) is 3.55. The predicted molar refractivity (Wildman–Crippen MR) is 60.5 cm³/mol. The van der Waals surface area contributed by atoms with Crippen molar-refractivity contribution in [1.82, 2.24) is 13.9 Å². The summed E-state index contributed by atoms with van der Waals surface area (Å²) >= 11 is 0. The van der Waals surface area contributed by atoms with Crippen molar-refractivity contribution in [3.63, 3.8) is 0 Å². The minimum Gasteiger partial charge on any atom is -0.494 e. The molecule has 1 rings (SSSR count). The lowest BCUT2D eigenvalue weighted by atomic mass is 10.5. The lowest BCUT2D eigenvalue weighted by Crippen LogP contribution is -2.33. The maximum absolute atomic E-state index is 11.5. The Morgan fingerprint density at radius 2 is 2.00 bits per heavy atom. The van der Waals surface area contributed by atoms with Crippen LogP contribution in [-0.2, 0) is 16.6 Å². The Bertz CT molecular complexity index is 613. The summed E-state index contributed by atoms with van der Waals surface area (Å²) in [5, 5.41) is 9.34. The summed E-state index contributed by atoms with van der Waals surface area (Å²) in [5.74, 6) is -0.910. The third kappa shape index (κ3) is 3.17. The lowest BCUT2D eigenvalue weighted by molar-refractivity contribution is 0.404. The first-order valence-electron chi connectivity index (χ1n) is 4.67. The zero-order valence-electron chi connectivity index (χ0n) is 9.37. The normalized spacial score (nSPS) is 11.9. The molecule has 0 atom stereocenters. The molecule has 8 nitrogen and oxygen atoms in total. The van der Waals surface area contributed by atoms with Crippen LogP contribution >= 0.6 is 0 Å². The van der Waals surface area contributed by atoms with Crippen LogP contribution in [0.4, 0.5) is 0 Å². The molecule has 1 heterocycles. The molecule has 0 amide bonds. The van der Waals surface area contributed by atoms with Crippen LogP contribution in [0, 0.1) is 0 Å². The SMILES string of the molecule is CN(C)S(=O)(=O)CCn1c(O)cc(=O)[nH]c1=O. The van der Waals surface area contributed by atoms with Gasteiger partial charge in [-0.05, 0) is 0 Å². The van der Waals surface area contributed by atoms with E-state index in [1.807, 2.05) is 4.98 Å². The van der Waals surface area contributed by atoms with E-state index in [1.165, 1.54) is 14.1 Å². The largest absolute Gasteiger partial charge is 0.494 e. The molecule has 1 aromatic rings. The van der Waals surface area contributed by atoms with E-state index in [-0.39, 0.29) is 12.3 Å². The molecule has 0 spiro atoms. The first-order chi connectivity index (χ1) is 7.74. The van der Waals surface area contributed by atoms with Crippen molar-refractivity contribution in [2.75, 3.05) is 19.8 Å². The van der Waals surface area contributed by atoms with E-state index in [0.29, 0.717) is 0 Å². The summed E-state index contributed by atoms with van der Waals surface area (Å²) in [5.41, 5.74) is -1.58. The minimum atomic E-state index is -3.47. The Hall–Kier alpha value is -1.61. The Morgan fingerprint density at radius 3 is 2.47 bits per heavy atom. The molecule has 0 unspecified atom stereocenters. The topological polar surface area (TPSA) is 112 Å². The van der Waals surface area contributed by atoms with Gasteiger partial charge in [-0.2, -0.15) is 0 Å². The molecule has 17 heavy (non-hydrogen) atoms. The average molecular weight is 263 g/mol. The van der Waals surface area contributed by atoms with E-state index in [1.54, 1.807) is 0 Å². The van der Waals surface area contributed by atoms with Crippen molar-refractivity contribution in [2.45, 2.75) is 6.54 Å². The smallest absolute Gasteiger partial charge is 0.331 e. The van der Waals surface area contributed by atoms with Gasteiger partial charge in [-0.15, -0.1) is 0 Å². The van der Waals surface area contributed by atoms with E-state index in [0.717, 1.165) is 14.9 Å². The summed E-state index contributed by atoms with van der Waals surface area (Å²) in [4.78, 5) is 24.0. The highest BCUT2D eigenvalue weighted by Crippen LogP contribution is 2.02. The second kappa shape index (κ2) is 4.72. The van der Waals surface area contributed by atoms with Gasteiger partial charge < -0.3 is 5.11 Å². The van der Waals surface area contributed by atoms with Gasteiger partial charge in [-0.1, -0.05) is 0 Å². The lowest BCUT2D eigenvalue weighted by Gasteiger charge is -2.12. The van der Waals surface area contributed by atoms with Crippen LogP contribution in [0.5, 0.6) is 5.88 Å². The van der Waals surface area contributed by atoms with Crippen LogP contribution in [0.25, 0.3) is 0 Å². The molecule has 1 aromatic heterocycles. The molecular formula is C8H13N3O5S. The van der Waals surface area contributed by atoms with Crippen molar-refractivity contribution in [2.24, 2.45) is 0 Å². The quantitative estimate of drug-likeness (QED) is 0.661. The van der Waals surface area contributed by atoms with Gasteiger partial charge in [-0.25, -0.2) is 17.5 Å². The van der Waals surface area contributed by atoms with Crippen LogP contribution < -0.4 is 11.2 Å². The molecule has 0 fully saturated rings. The number of hydrogen-bond acceptors (Lipinski definition) is 5. The third-order valence-corrected chi connectivity index (χ3v) is 3.95. The van der Waals surface area contributed by atoms with Gasteiger partial charge in [0.2, 0.25) is 15.9 Å². The fourth-order valence-electron chi connectivity index (χ4n) is 1.11. The van der Waals surface area contributed by atoms with Crippen molar-refractivity contribution in [3.8, 4) is 5.88 Å². The zero-order chi connectivity index (χ0) is 13.2. The number of aromatic nitrogens is 2.